The maximum absolute atomic E-state index is 12.5. The van der Waals surface area contributed by atoms with Gasteiger partial charge in [0.25, 0.3) is 5.91 Å². The highest BCUT2D eigenvalue weighted by Gasteiger charge is 2.48. The molecule has 1 aliphatic carbocycles. The fourth-order valence-corrected chi connectivity index (χ4v) is 6.27. The fourth-order valence-electron chi connectivity index (χ4n) is 6.27. The van der Waals surface area contributed by atoms with Crippen molar-refractivity contribution in [1.82, 2.24) is 36.2 Å². The van der Waals surface area contributed by atoms with Gasteiger partial charge in [0.15, 0.2) is 5.82 Å². The van der Waals surface area contributed by atoms with E-state index in [1.165, 1.54) is 0 Å². The van der Waals surface area contributed by atoms with E-state index in [-0.39, 0.29) is 18.0 Å². The molecule has 2 aromatic carbocycles. The molecule has 11 nitrogen and oxygen atoms in total. The first-order chi connectivity index (χ1) is 19.2. The Morgan fingerprint density at radius 3 is 2.48 bits per heavy atom. The summed E-state index contributed by atoms with van der Waals surface area (Å²) in [6, 6.07) is 13.4. The van der Waals surface area contributed by atoms with Gasteiger partial charge in [-0.15, -0.1) is 10.2 Å². The Balaban J connectivity index is 1.50. The molecule has 2 heterocycles. The van der Waals surface area contributed by atoms with Crippen molar-refractivity contribution < 1.29 is 9.59 Å². The van der Waals surface area contributed by atoms with Crippen molar-refractivity contribution in [2.24, 2.45) is 11.7 Å². The first-order valence-electron chi connectivity index (χ1n) is 13.3. The molecule has 1 aromatic heterocycles. The summed E-state index contributed by atoms with van der Waals surface area (Å²) in [6.07, 6.45) is 1.39. The Morgan fingerprint density at radius 1 is 1.20 bits per heavy atom. The predicted molar refractivity (Wildman–Crippen MR) is 149 cm³/mol. The summed E-state index contributed by atoms with van der Waals surface area (Å²) in [5.41, 5.74) is 9.98. The maximum Gasteiger partial charge on any atom is 0.251 e. The number of benzene rings is 2. The van der Waals surface area contributed by atoms with Gasteiger partial charge in [-0.3, -0.25) is 9.59 Å². The highest BCUT2D eigenvalue weighted by Crippen LogP contribution is 2.53. The summed E-state index contributed by atoms with van der Waals surface area (Å²) in [4.78, 5) is 26.7. The molecule has 3 aromatic rings. The summed E-state index contributed by atoms with van der Waals surface area (Å²) in [7, 11) is 1.58. The summed E-state index contributed by atoms with van der Waals surface area (Å²) >= 11 is 0. The van der Waals surface area contributed by atoms with E-state index in [1.807, 2.05) is 18.2 Å². The topological polar surface area (TPSA) is 166 Å². The van der Waals surface area contributed by atoms with E-state index in [4.69, 9.17) is 5.73 Å². The van der Waals surface area contributed by atoms with Gasteiger partial charge in [-0.1, -0.05) is 30.8 Å². The number of nitrogens with two attached hydrogens (primary N) is 1. The number of nitriles is 1. The summed E-state index contributed by atoms with van der Waals surface area (Å²) < 4.78 is 0. The summed E-state index contributed by atoms with van der Waals surface area (Å²) in [5, 5.41) is 31.1. The number of hydrogen-bond donors (Lipinski definition) is 4. The number of nitrogens with one attached hydrogen (secondary N) is 3. The summed E-state index contributed by atoms with van der Waals surface area (Å²) in [6.45, 7) is 9.67. The third kappa shape index (κ3) is 4.30. The smallest absolute Gasteiger partial charge is 0.251 e. The molecule has 0 saturated carbocycles. The van der Waals surface area contributed by atoms with Gasteiger partial charge in [-0.25, -0.2) is 0 Å². The molecule has 5 rings (SSSR count). The Hall–Kier alpha value is -4.56. The lowest BCUT2D eigenvalue weighted by Crippen LogP contribution is -2.39. The molecule has 4 unspecified atom stereocenters. The van der Waals surface area contributed by atoms with E-state index >= 15 is 0 Å². The molecule has 5 N–H and O–H groups in total. The van der Waals surface area contributed by atoms with Crippen LogP contribution in [-0.2, 0) is 5.41 Å². The van der Waals surface area contributed by atoms with Crippen molar-refractivity contribution in [3.8, 4) is 17.2 Å². The first-order valence-corrected chi connectivity index (χ1v) is 13.3. The lowest BCUT2D eigenvalue weighted by Gasteiger charge is -2.31. The minimum Gasteiger partial charge on any atom is -0.366 e. The first kappa shape index (κ1) is 27.0. The zero-order valence-corrected chi connectivity index (χ0v) is 22.9. The number of nitrogens with zero attached hydrogens (tertiary/aromatic N) is 5. The molecule has 2 amide bonds. The molecule has 4 atom stereocenters. The lowest BCUT2D eigenvalue weighted by atomic mass is 9.74. The fraction of sp³-hybridized carbons (Fsp3) is 0.379. The van der Waals surface area contributed by atoms with Crippen LogP contribution in [0.5, 0.6) is 0 Å². The van der Waals surface area contributed by atoms with Crippen molar-refractivity contribution in [2.75, 3.05) is 20.1 Å². The van der Waals surface area contributed by atoms with Crippen LogP contribution in [0.4, 0.5) is 0 Å². The normalized spacial score (nSPS) is 22.9. The predicted octanol–water partition coefficient (Wildman–Crippen LogP) is 2.09. The number of carbonyl (C=O) groups is 2. The number of amides is 2. The van der Waals surface area contributed by atoms with Gasteiger partial charge in [0.05, 0.1) is 11.5 Å². The van der Waals surface area contributed by atoms with Crippen molar-refractivity contribution in [3.63, 3.8) is 0 Å². The largest absolute Gasteiger partial charge is 0.366 e. The van der Waals surface area contributed by atoms with Gasteiger partial charge in [0.1, 0.15) is 6.04 Å². The van der Waals surface area contributed by atoms with Crippen molar-refractivity contribution >= 4 is 11.8 Å². The Kier molecular flexibility index (Phi) is 7.12. The second-order valence-corrected chi connectivity index (χ2v) is 10.6. The maximum atomic E-state index is 12.5. The second kappa shape index (κ2) is 10.5. The van der Waals surface area contributed by atoms with Crippen LogP contribution >= 0.6 is 0 Å². The Morgan fingerprint density at radius 2 is 1.88 bits per heavy atom. The van der Waals surface area contributed by atoms with E-state index in [9.17, 15) is 14.9 Å². The molecule has 1 aliphatic heterocycles. The molecule has 40 heavy (non-hydrogen) atoms. The number of aromatic amines is 1. The van der Waals surface area contributed by atoms with Crippen molar-refractivity contribution in [1.29, 1.82) is 5.26 Å². The summed E-state index contributed by atoms with van der Waals surface area (Å²) in [5.74, 6) is 0.150. The quantitative estimate of drug-likeness (QED) is 0.300. The van der Waals surface area contributed by atoms with Crippen LogP contribution < -0.4 is 16.4 Å². The monoisotopic (exact) mass is 539 g/mol. The number of carbonyl (C=O) groups excluding carboxylic acids is 2. The molecule has 0 bridgehead atoms. The number of aromatic nitrogens is 4. The van der Waals surface area contributed by atoms with Crippen LogP contribution in [0.25, 0.3) is 11.1 Å². The van der Waals surface area contributed by atoms with E-state index < -0.39 is 11.3 Å². The highest BCUT2D eigenvalue weighted by molar-refractivity contribution is 5.99. The van der Waals surface area contributed by atoms with Gasteiger partial charge in [0.2, 0.25) is 5.91 Å². The van der Waals surface area contributed by atoms with E-state index in [2.05, 4.69) is 62.7 Å². The van der Waals surface area contributed by atoms with E-state index in [1.54, 1.807) is 25.2 Å². The van der Waals surface area contributed by atoms with Gasteiger partial charge in [0, 0.05) is 36.5 Å². The molecule has 0 radical (unpaired) electrons. The van der Waals surface area contributed by atoms with Crippen LogP contribution in [0.2, 0.25) is 0 Å². The van der Waals surface area contributed by atoms with Crippen molar-refractivity contribution in [3.05, 3.63) is 76.8 Å². The molecule has 0 spiro atoms. The SMILES string of the molecule is C=C(CNCCC1(c2nn[nH]n2)c2ccc(C(N)=O)cc2-c2cc(C(=O)NC)ccc21)N1C(C#N)CC(C)C1C. The molecular formula is C29H33N9O2. The van der Waals surface area contributed by atoms with Crippen LogP contribution in [0.15, 0.2) is 48.7 Å². The minimum atomic E-state index is -0.798. The number of H-pyrrole nitrogens is 1. The van der Waals surface area contributed by atoms with Gasteiger partial charge in [-0.05, 0) is 78.7 Å². The van der Waals surface area contributed by atoms with E-state index in [0.717, 1.165) is 34.4 Å². The standard InChI is InChI=1S/C29H33N9O2/c1-16-11-21(14-30)38(18(16)3)17(2)15-33-10-9-29(28-34-36-37-35-28)24-7-5-19(26(31)39)12-22(24)23-13-20(27(40)32-4)6-8-25(23)29/h5-8,12-13,16,18,21,33H,2,9-11,15H2,1,3-4H3,(H2,31,39)(H,32,40)(H,34,35,36,37). The number of rotatable bonds is 9. The third-order valence-corrected chi connectivity index (χ3v) is 8.46. The molecule has 2 aliphatic rings. The Bertz CT molecular complexity index is 1510. The zero-order valence-electron chi connectivity index (χ0n) is 22.9. The molecule has 11 heteroatoms. The molecular weight excluding hydrogens is 506 g/mol. The van der Waals surface area contributed by atoms with Crippen LogP contribution in [0.1, 0.15) is 64.4 Å². The minimum absolute atomic E-state index is 0.174. The van der Waals surface area contributed by atoms with Crippen LogP contribution in [0, 0.1) is 17.2 Å². The van der Waals surface area contributed by atoms with Gasteiger partial charge in [-0.2, -0.15) is 10.5 Å². The van der Waals surface area contributed by atoms with E-state index in [0.29, 0.717) is 42.4 Å². The van der Waals surface area contributed by atoms with Gasteiger partial charge >= 0.3 is 0 Å². The molecule has 1 fully saturated rings. The average molecular weight is 540 g/mol. The zero-order chi connectivity index (χ0) is 28.6. The van der Waals surface area contributed by atoms with Crippen molar-refractivity contribution in [2.45, 2.75) is 44.2 Å². The second-order valence-electron chi connectivity index (χ2n) is 10.6. The number of tetrazole rings is 1. The number of hydrogen-bond acceptors (Lipinski definition) is 8. The Labute approximate surface area is 232 Å². The number of fused-ring (bicyclic) bond motifs is 3. The van der Waals surface area contributed by atoms with Crippen LogP contribution in [-0.4, -0.2) is 69.6 Å². The highest BCUT2D eigenvalue weighted by atomic mass is 16.1. The van der Waals surface area contributed by atoms with Crippen LogP contribution in [0.3, 0.4) is 0 Å². The average Bonchev–Trinajstić information content (AvgIpc) is 3.66. The molecule has 206 valence electrons. The van der Waals surface area contributed by atoms with Gasteiger partial charge < -0.3 is 21.3 Å². The number of likely N-dealkylation sites (tertiary alicyclic amines) is 1. The molecule has 1 saturated heterocycles. The lowest BCUT2D eigenvalue weighted by molar-refractivity contribution is 0.0961. The third-order valence-electron chi connectivity index (χ3n) is 8.46. The number of primary amides is 1.